The number of amides is 1. The Hall–Kier alpha value is -0.610. The minimum atomic E-state index is 0.136. The summed E-state index contributed by atoms with van der Waals surface area (Å²) in [5.74, 6) is 0.788. The second-order valence-corrected chi connectivity index (χ2v) is 5.04. The Labute approximate surface area is 104 Å². The van der Waals surface area contributed by atoms with Gasteiger partial charge in [0.15, 0.2) is 0 Å². The molecule has 1 atom stereocenters. The Bertz CT molecular complexity index is 225. The van der Waals surface area contributed by atoms with E-state index < -0.39 is 0 Å². The first-order valence-electron chi connectivity index (χ1n) is 6.74. The highest BCUT2D eigenvalue weighted by Crippen LogP contribution is 2.13. The number of nitrogens with one attached hydrogen (secondary N) is 2. The van der Waals surface area contributed by atoms with Crippen LogP contribution in [0.4, 0.5) is 0 Å². The second-order valence-electron chi connectivity index (χ2n) is 5.04. The van der Waals surface area contributed by atoms with E-state index in [2.05, 4.69) is 24.5 Å². The molecule has 0 aromatic heterocycles. The zero-order valence-electron chi connectivity index (χ0n) is 11.3. The lowest BCUT2D eigenvalue weighted by molar-refractivity contribution is -0.127. The van der Waals surface area contributed by atoms with E-state index in [1.807, 2.05) is 6.92 Å². The number of carbonyl (C=O) groups is 1. The normalized spacial score (nSPS) is 19.3. The Morgan fingerprint density at radius 1 is 1.41 bits per heavy atom. The molecule has 0 radical (unpaired) electrons. The summed E-state index contributed by atoms with van der Waals surface area (Å²) < 4.78 is 5.42. The molecule has 1 rings (SSSR count). The zero-order valence-corrected chi connectivity index (χ0v) is 11.3. The maximum atomic E-state index is 12.1. The Balaban J connectivity index is 2.39. The van der Waals surface area contributed by atoms with Crippen molar-refractivity contribution in [1.29, 1.82) is 0 Å². The molecule has 0 spiro atoms. The molecule has 0 aromatic carbocycles. The van der Waals surface area contributed by atoms with Crippen molar-refractivity contribution in [2.45, 2.75) is 39.7 Å². The predicted molar refractivity (Wildman–Crippen MR) is 68.9 cm³/mol. The zero-order chi connectivity index (χ0) is 12.7. The molecule has 0 aromatic rings. The van der Waals surface area contributed by atoms with Gasteiger partial charge in [0.1, 0.15) is 0 Å². The summed E-state index contributed by atoms with van der Waals surface area (Å²) in [7, 11) is 0. The van der Waals surface area contributed by atoms with Gasteiger partial charge in [0.05, 0.1) is 12.6 Å². The van der Waals surface area contributed by atoms with Crippen LogP contribution < -0.4 is 10.6 Å². The summed E-state index contributed by atoms with van der Waals surface area (Å²) in [6.45, 7) is 9.44. The van der Waals surface area contributed by atoms with Gasteiger partial charge in [-0.15, -0.1) is 0 Å². The van der Waals surface area contributed by atoms with E-state index in [1.54, 1.807) is 0 Å². The lowest BCUT2D eigenvalue weighted by Gasteiger charge is -2.27. The van der Waals surface area contributed by atoms with Gasteiger partial charge in [-0.25, -0.2) is 0 Å². The van der Waals surface area contributed by atoms with Gasteiger partial charge in [0.2, 0.25) is 5.91 Å². The molecule has 1 saturated heterocycles. The van der Waals surface area contributed by atoms with Crippen LogP contribution in [0.2, 0.25) is 0 Å². The monoisotopic (exact) mass is 242 g/mol. The highest BCUT2D eigenvalue weighted by atomic mass is 16.5. The van der Waals surface area contributed by atoms with Crippen molar-refractivity contribution in [2.24, 2.45) is 11.8 Å². The minimum Gasteiger partial charge on any atom is -0.380 e. The molecule has 1 aliphatic rings. The van der Waals surface area contributed by atoms with Gasteiger partial charge < -0.3 is 15.4 Å². The molecular weight excluding hydrogens is 216 g/mol. The van der Waals surface area contributed by atoms with Crippen molar-refractivity contribution < 1.29 is 9.53 Å². The smallest absolute Gasteiger partial charge is 0.223 e. The molecular formula is C13H26N2O2. The van der Waals surface area contributed by atoms with Crippen LogP contribution in [0, 0.1) is 11.8 Å². The minimum absolute atomic E-state index is 0.136. The molecule has 1 heterocycles. The van der Waals surface area contributed by atoms with Gasteiger partial charge >= 0.3 is 0 Å². The number of rotatable bonds is 6. The van der Waals surface area contributed by atoms with Crippen molar-refractivity contribution >= 4 is 5.91 Å². The van der Waals surface area contributed by atoms with Crippen LogP contribution in [0.15, 0.2) is 0 Å². The summed E-state index contributed by atoms with van der Waals surface area (Å²) >= 11 is 0. The maximum absolute atomic E-state index is 12.1. The lowest BCUT2D eigenvalue weighted by Crippen LogP contribution is -2.46. The Morgan fingerprint density at radius 2 is 2.06 bits per heavy atom. The van der Waals surface area contributed by atoms with Gasteiger partial charge in [0.25, 0.3) is 0 Å². The highest BCUT2D eigenvalue weighted by Gasteiger charge is 2.24. The highest BCUT2D eigenvalue weighted by molar-refractivity contribution is 5.79. The van der Waals surface area contributed by atoms with E-state index in [0.717, 1.165) is 25.9 Å². The maximum Gasteiger partial charge on any atom is 0.223 e. The standard InChI is InChI=1S/C13H26N2O2/c1-4-17-9-12(10(2)3)15-13(16)11-5-7-14-8-6-11/h10-12,14H,4-9H2,1-3H3,(H,15,16). The fourth-order valence-corrected chi connectivity index (χ4v) is 2.03. The molecule has 1 aliphatic heterocycles. The topological polar surface area (TPSA) is 50.4 Å². The van der Waals surface area contributed by atoms with Crippen LogP contribution in [0.25, 0.3) is 0 Å². The molecule has 1 amide bonds. The van der Waals surface area contributed by atoms with E-state index in [4.69, 9.17) is 4.74 Å². The largest absolute Gasteiger partial charge is 0.380 e. The molecule has 0 bridgehead atoms. The molecule has 17 heavy (non-hydrogen) atoms. The number of piperidine rings is 1. The van der Waals surface area contributed by atoms with E-state index in [0.29, 0.717) is 19.1 Å². The average molecular weight is 242 g/mol. The summed E-state index contributed by atoms with van der Waals surface area (Å²) in [6, 6.07) is 0.136. The second kappa shape index (κ2) is 7.67. The van der Waals surface area contributed by atoms with Gasteiger partial charge in [-0.1, -0.05) is 13.8 Å². The van der Waals surface area contributed by atoms with Crippen LogP contribution in [0.3, 0.4) is 0 Å². The molecule has 1 fully saturated rings. The number of hydrogen-bond donors (Lipinski definition) is 2. The van der Waals surface area contributed by atoms with Crippen LogP contribution in [-0.4, -0.2) is 38.3 Å². The third kappa shape index (κ3) is 5.04. The number of carbonyl (C=O) groups excluding carboxylic acids is 1. The van der Waals surface area contributed by atoms with Crippen molar-refractivity contribution in [1.82, 2.24) is 10.6 Å². The fourth-order valence-electron chi connectivity index (χ4n) is 2.03. The van der Waals surface area contributed by atoms with Crippen LogP contribution >= 0.6 is 0 Å². The third-order valence-corrected chi connectivity index (χ3v) is 3.34. The molecule has 1 unspecified atom stereocenters. The van der Waals surface area contributed by atoms with Crippen molar-refractivity contribution in [3.05, 3.63) is 0 Å². The quantitative estimate of drug-likeness (QED) is 0.735. The van der Waals surface area contributed by atoms with Crippen molar-refractivity contribution in [3.8, 4) is 0 Å². The van der Waals surface area contributed by atoms with Gasteiger partial charge in [-0.2, -0.15) is 0 Å². The predicted octanol–water partition coefficient (Wildman–Crippen LogP) is 1.16. The Morgan fingerprint density at radius 3 is 2.59 bits per heavy atom. The summed E-state index contributed by atoms with van der Waals surface area (Å²) in [5.41, 5.74) is 0. The third-order valence-electron chi connectivity index (χ3n) is 3.34. The SMILES string of the molecule is CCOCC(NC(=O)C1CCNCC1)C(C)C. The lowest BCUT2D eigenvalue weighted by atomic mass is 9.96. The summed E-state index contributed by atoms with van der Waals surface area (Å²) in [5, 5.41) is 6.40. The fraction of sp³-hybridized carbons (Fsp3) is 0.923. The van der Waals surface area contributed by atoms with E-state index >= 15 is 0 Å². The van der Waals surface area contributed by atoms with Crippen LogP contribution in [0.1, 0.15) is 33.6 Å². The first-order valence-corrected chi connectivity index (χ1v) is 6.74. The first-order chi connectivity index (χ1) is 8.15. The molecule has 0 saturated carbocycles. The van der Waals surface area contributed by atoms with Crippen molar-refractivity contribution in [3.63, 3.8) is 0 Å². The summed E-state index contributed by atoms with van der Waals surface area (Å²) in [6.07, 6.45) is 1.90. The molecule has 2 N–H and O–H groups in total. The van der Waals surface area contributed by atoms with Crippen LogP contribution in [0.5, 0.6) is 0 Å². The van der Waals surface area contributed by atoms with Crippen LogP contribution in [-0.2, 0) is 9.53 Å². The average Bonchev–Trinajstić information content (AvgIpc) is 2.35. The van der Waals surface area contributed by atoms with Gasteiger partial charge in [-0.05, 0) is 38.8 Å². The van der Waals surface area contributed by atoms with Crippen molar-refractivity contribution in [2.75, 3.05) is 26.3 Å². The molecule has 4 nitrogen and oxygen atoms in total. The van der Waals surface area contributed by atoms with Gasteiger partial charge in [-0.3, -0.25) is 4.79 Å². The van der Waals surface area contributed by atoms with E-state index in [-0.39, 0.29) is 17.9 Å². The number of hydrogen-bond acceptors (Lipinski definition) is 3. The Kier molecular flexibility index (Phi) is 6.52. The molecule has 4 heteroatoms. The van der Waals surface area contributed by atoms with Gasteiger partial charge in [0, 0.05) is 12.5 Å². The first kappa shape index (κ1) is 14.5. The number of ether oxygens (including phenoxy) is 1. The van der Waals surface area contributed by atoms with E-state index in [1.165, 1.54) is 0 Å². The molecule has 0 aliphatic carbocycles. The molecule has 100 valence electrons. The van der Waals surface area contributed by atoms with E-state index in [9.17, 15) is 4.79 Å². The summed E-state index contributed by atoms with van der Waals surface area (Å²) in [4.78, 5) is 12.1.